The molecule has 0 bridgehead atoms. The number of para-hydroxylation sites is 1. The van der Waals surface area contributed by atoms with Crippen molar-refractivity contribution in [1.82, 2.24) is 10.2 Å². The van der Waals surface area contributed by atoms with Crippen LogP contribution in [0.2, 0.25) is 0 Å². The van der Waals surface area contributed by atoms with Gasteiger partial charge in [0.1, 0.15) is 0 Å². The van der Waals surface area contributed by atoms with E-state index in [1.54, 1.807) is 0 Å². The van der Waals surface area contributed by atoms with Gasteiger partial charge in [0.25, 0.3) is 0 Å². The summed E-state index contributed by atoms with van der Waals surface area (Å²) in [6.45, 7) is 10.1. The summed E-state index contributed by atoms with van der Waals surface area (Å²) in [6, 6.07) is 18.8. The van der Waals surface area contributed by atoms with Gasteiger partial charge in [-0.1, -0.05) is 63.2 Å². The van der Waals surface area contributed by atoms with Gasteiger partial charge in [-0.2, -0.15) is 0 Å². The molecule has 0 spiro atoms. The van der Waals surface area contributed by atoms with Gasteiger partial charge < -0.3 is 15.1 Å². The van der Waals surface area contributed by atoms with E-state index >= 15 is 0 Å². The normalized spacial score (nSPS) is 17.7. The number of anilines is 1. The smallest absolute Gasteiger partial charge is 0.230 e. The first-order valence-corrected chi connectivity index (χ1v) is 11.8. The zero-order valence-electron chi connectivity index (χ0n) is 19.6. The summed E-state index contributed by atoms with van der Waals surface area (Å²) in [5, 5.41) is 3.04. The Morgan fingerprint density at radius 1 is 0.906 bits per heavy atom. The van der Waals surface area contributed by atoms with Crippen LogP contribution in [-0.2, 0) is 20.4 Å². The minimum absolute atomic E-state index is 0.0581. The second-order valence-electron chi connectivity index (χ2n) is 10.1. The summed E-state index contributed by atoms with van der Waals surface area (Å²) in [5.74, 6) is 0.181. The van der Waals surface area contributed by atoms with Crippen molar-refractivity contribution < 1.29 is 9.59 Å². The van der Waals surface area contributed by atoms with E-state index in [0.29, 0.717) is 13.0 Å². The molecule has 5 nitrogen and oxygen atoms in total. The highest BCUT2D eigenvalue weighted by atomic mass is 16.2. The van der Waals surface area contributed by atoms with E-state index in [1.807, 2.05) is 23.1 Å². The number of piperazine rings is 1. The monoisotopic (exact) mass is 433 g/mol. The molecule has 1 heterocycles. The van der Waals surface area contributed by atoms with E-state index in [9.17, 15) is 9.59 Å². The van der Waals surface area contributed by atoms with Crippen LogP contribution in [0.3, 0.4) is 0 Å². The molecule has 32 heavy (non-hydrogen) atoms. The molecule has 2 amide bonds. The predicted molar refractivity (Wildman–Crippen MR) is 129 cm³/mol. The standard InChI is InChI=1S/C27H35N3O2/c1-26(2,3)21-9-11-22(12-10-21)27(14-15-27)25(32)28-16-13-24(31)30-19-17-29(18-20-30)23-7-5-4-6-8-23/h4-12H,13-20H2,1-3H3,(H,28,32). The molecule has 1 aliphatic carbocycles. The Kier molecular flexibility index (Phi) is 6.27. The molecule has 0 atom stereocenters. The van der Waals surface area contributed by atoms with Crippen LogP contribution < -0.4 is 10.2 Å². The molecular weight excluding hydrogens is 398 g/mol. The van der Waals surface area contributed by atoms with Gasteiger partial charge in [-0.15, -0.1) is 0 Å². The van der Waals surface area contributed by atoms with Crippen molar-refractivity contribution in [2.75, 3.05) is 37.6 Å². The SMILES string of the molecule is CC(C)(C)c1ccc(C2(C(=O)NCCC(=O)N3CCN(c4ccccc4)CC3)CC2)cc1. The molecule has 5 heteroatoms. The van der Waals surface area contributed by atoms with Crippen molar-refractivity contribution in [1.29, 1.82) is 0 Å². The maximum absolute atomic E-state index is 12.9. The van der Waals surface area contributed by atoms with E-state index in [2.05, 4.69) is 67.4 Å². The Balaban J connectivity index is 1.24. The molecule has 1 N–H and O–H groups in total. The summed E-state index contributed by atoms with van der Waals surface area (Å²) in [6.07, 6.45) is 2.11. The van der Waals surface area contributed by atoms with E-state index in [1.165, 1.54) is 11.3 Å². The highest BCUT2D eigenvalue weighted by molar-refractivity contribution is 5.91. The first-order valence-electron chi connectivity index (χ1n) is 11.8. The average molecular weight is 434 g/mol. The van der Waals surface area contributed by atoms with Crippen LogP contribution in [-0.4, -0.2) is 49.4 Å². The molecule has 1 saturated carbocycles. The van der Waals surface area contributed by atoms with E-state index in [0.717, 1.165) is 44.6 Å². The average Bonchev–Trinajstić information content (AvgIpc) is 3.61. The molecular formula is C27H35N3O2. The number of carbonyl (C=O) groups is 2. The number of carbonyl (C=O) groups excluding carboxylic acids is 2. The fourth-order valence-electron chi connectivity index (χ4n) is 4.52. The quantitative estimate of drug-likeness (QED) is 0.752. The molecule has 0 aromatic heterocycles. The molecule has 2 aliphatic rings. The van der Waals surface area contributed by atoms with Crippen molar-refractivity contribution in [2.45, 2.75) is 50.9 Å². The van der Waals surface area contributed by atoms with Gasteiger partial charge in [-0.25, -0.2) is 0 Å². The lowest BCUT2D eigenvalue weighted by molar-refractivity contribution is -0.131. The number of benzene rings is 2. The first kappa shape index (κ1) is 22.4. The number of hydrogen-bond donors (Lipinski definition) is 1. The zero-order valence-corrected chi connectivity index (χ0v) is 19.6. The van der Waals surface area contributed by atoms with E-state index in [4.69, 9.17) is 0 Å². The van der Waals surface area contributed by atoms with Gasteiger partial charge in [0, 0.05) is 44.8 Å². The summed E-state index contributed by atoms with van der Waals surface area (Å²) < 4.78 is 0. The van der Waals surface area contributed by atoms with Gasteiger partial charge in [-0.05, 0) is 41.5 Å². The Morgan fingerprint density at radius 2 is 1.53 bits per heavy atom. The highest BCUT2D eigenvalue weighted by Crippen LogP contribution is 2.48. The molecule has 0 radical (unpaired) electrons. The summed E-state index contributed by atoms with van der Waals surface area (Å²) in [4.78, 5) is 29.8. The Morgan fingerprint density at radius 3 is 2.09 bits per heavy atom. The molecule has 2 aromatic carbocycles. The summed E-state index contributed by atoms with van der Waals surface area (Å²) in [7, 11) is 0. The van der Waals surface area contributed by atoms with Gasteiger partial charge in [0.2, 0.25) is 11.8 Å². The third kappa shape index (κ3) is 4.82. The van der Waals surface area contributed by atoms with Crippen LogP contribution >= 0.6 is 0 Å². The minimum Gasteiger partial charge on any atom is -0.368 e. The molecule has 2 fully saturated rings. The van der Waals surface area contributed by atoms with Crippen molar-refractivity contribution in [3.63, 3.8) is 0 Å². The van der Waals surface area contributed by atoms with Crippen LogP contribution in [0.15, 0.2) is 54.6 Å². The molecule has 170 valence electrons. The van der Waals surface area contributed by atoms with Crippen LogP contribution in [0, 0.1) is 0 Å². The Bertz CT molecular complexity index is 935. The fraction of sp³-hybridized carbons (Fsp3) is 0.481. The van der Waals surface area contributed by atoms with Crippen molar-refractivity contribution in [3.05, 3.63) is 65.7 Å². The maximum atomic E-state index is 12.9. The number of nitrogens with one attached hydrogen (secondary N) is 1. The van der Waals surface area contributed by atoms with E-state index < -0.39 is 5.41 Å². The van der Waals surface area contributed by atoms with Gasteiger partial charge in [0.05, 0.1) is 5.41 Å². The number of hydrogen-bond acceptors (Lipinski definition) is 3. The Hall–Kier alpha value is -2.82. The lowest BCUT2D eigenvalue weighted by atomic mass is 9.85. The van der Waals surface area contributed by atoms with E-state index in [-0.39, 0.29) is 17.2 Å². The number of rotatable bonds is 6. The highest BCUT2D eigenvalue weighted by Gasteiger charge is 2.51. The molecule has 2 aromatic rings. The molecule has 1 aliphatic heterocycles. The largest absolute Gasteiger partial charge is 0.368 e. The van der Waals surface area contributed by atoms with Crippen LogP contribution in [0.25, 0.3) is 0 Å². The molecule has 4 rings (SSSR count). The number of amides is 2. The van der Waals surface area contributed by atoms with Crippen molar-refractivity contribution in [3.8, 4) is 0 Å². The summed E-state index contributed by atoms with van der Waals surface area (Å²) >= 11 is 0. The summed E-state index contributed by atoms with van der Waals surface area (Å²) in [5.41, 5.74) is 3.27. The van der Waals surface area contributed by atoms with Crippen molar-refractivity contribution in [2.24, 2.45) is 0 Å². The lowest BCUT2D eigenvalue weighted by Gasteiger charge is -2.36. The molecule has 0 unspecified atom stereocenters. The number of nitrogens with zero attached hydrogens (tertiary/aromatic N) is 2. The van der Waals surface area contributed by atoms with Crippen LogP contribution in [0.4, 0.5) is 5.69 Å². The zero-order chi connectivity index (χ0) is 22.8. The van der Waals surface area contributed by atoms with Gasteiger partial charge in [-0.3, -0.25) is 9.59 Å². The second-order valence-corrected chi connectivity index (χ2v) is 10.1. The second kappa shape index (κ2) is 8.97. The topological polar surface area (TPSA) is 52.7 Å². The third-order valence-corrected chi connectivity index (χ3v) is 6.87. The predicted octanol–water partition coefficient (Wildman–Crippen LogP) is 3.87. The molecule has 1 saturated heterocycles. The van der Waals surface area contributed by atoms with Crippen LogP contribution in [0.1, 0.15) is 51.2 Å². The maximum Gasteiger partial charge on any atom is 0.230 e. The first-order chi connectivity index (χ1) is 15.3. The minimum atomic E-state index is -0.402. The Labute approximate surface area is 191 Å². The van der Waals surface area contributed by atoms with Gasteiger partial charge >= 0.3 is 0 Å². The third-order valence-electron chi connectivity index (χ3n) is 6.87. The van der Waals surface area contributed by atoms with Crippen LogP contribution in [0.5, 0.6) is 0 Å². The lowest BCUT2D eigenvalue weighted by Crippen LogP contribution is -2.49. The van der Waals surface area contributed by atoms with Gasteiger partial charge in [0.15, 0.2) is 0 Å². The fourth-order valence-corrected chi connectivity index (χ4v) is 4.52. The van der Waals surface area contributed by atoms with Crippen molar-refractivity contribution >= 4 is 17.5 Å².